The van der Waals surface area contributed by atoms with Crippen LogP contribution in [0.25, 0.3) is 55.3 Å². The Morgan fingerprint density at radius 2 is 1.38 bits per heavy atom. The molecule has 0 radical (unpaired) electrons. The van der Waals surface area contributed by atoms with E-state index in [2.05, 4.69) is 36.9 Å². The summed E-state index contributed by atoms with van der Waals surface area (Å²) in [5.74, 6) is -11.4. The summed E-state index contributed by atoms with van der Waals surface area (Å²) >= 11 is 0. The first kappa shape index (κ1) is 33.1. The number of fused-ring (bicyclic) bond motifs is 8. The Kier molecular flexibility index (Phi) is 8.90. The molecule has 0 atom stereocenters. The number of oxazole rings is 1. The predicted octanol–water partition coefficient (Wildman–Crippen LogP) is 11.0. The van der Waals surface area contributed by atoms with Crippen molar-refractivity contribution in [3.8, 4) is 11.5 Å². The monoisotopic (exact) mass is 686 g/mol. The van der Waals surface area contributed by atoms with E-state index in [1.165, 1.54) is 12.1 Å². The number of unbranched alkanes of at least 4 members (excludes halogenated alkanes) is 2. The van der Waals surface area contributed by atoms with Crippen LogP contribution in [0.5, 0.6) is 0 Å². The van der Waals surface area contributed by atoms with E-state index >= 15 is 0 Å². The number of aromatic nitrogens is 1. The molecule has 2 aromatic heterocycles. The molecule has 7 aromatic rings. The Morgan fingerprint density at radius 1 is 0.740 bits per heavy atom. The molecule has 0 aliphatic carbocycles. The van der Waals surface area contributed by atoms with Crippen molar-refractivity contribution < 1.29 is 40.3 Å². The lowest BCUT2D eigenvalue weighted by atomic mass is 10.0. The summed E-state index contributed by atoms with van der Waals surface area (Å²) in [6.45, 7) is 5.14. The fraction of sp³-hybridized carbons (Fsp3) is 0.231. The van der Waals surface area contributed by atoms with Crippen LogP contribution >= 0.6 is 0 Å². The normalized spacial score (nSPS) is 11.7. The van der Waals surface area contributed by atoms with E-state index in [1.54, 1.807) is 12.1 Å². The Morgan fingerprint density at radius 3 is 2.04 bits per heavy atom. The standard InChI is InChI=1S/C39H31F5N2O4/c1-3-5-17-46(18-6-4-2)23-15-16-26-28(19-23)49-37-29(26)24-9-7-8-10-25(24)36-35(37)45-38(50-36)21-11-13-22(14-12-21)39(47)48-20-27-30(40)32(42)34(44)33(43)31(27)41/h7-16,19H,3-6,17-18,20H2,1-2H3. The number of ether oxygens (including phenoxy) is 1. The molecule has 11 heteroatoms. The van der Waals surface area contributed by atoms with E-state index in [4.69, 9.17) is 18.6 Å². The van der Waals surface area contributed by atoms with Gasteiger partial charge >= 0.3 is 5.97 Å². The van der Waals surface area contributed by atoms with Crippen molar-refractivity contribution in [3.63, 3.8) is 0 Å². The topological polar surface area (TPSA) is 68.7 Å². The molecule has 256 valence electrons. The highest BCUT2D eigenvalue weighted by Crippen LogP contribution is 2.43. The Labute approximate surface area is 283 Å². The molecule has 0 aliphatic rings. The highest BCUT2D eigenvalue weighted by molar-refractivity contribution is 6.28. The molecule has 5 aromatic carbocycles. The number of anilines is 1. The van der Waals surface area contributed by atoms with Gasteiger partial charge in [0.1, 0.15) is 12.2 Å². The highest BCUT2D eigenvalue weighted by Gasteiger charge is 2.27. The molecule has 0 amide bonds. The first-order chi connectivity index (χ1) is 24.2. The average molecular weight is 687 g/mol. The lowest BCUT2D eigenvalue weighted by Gasteiger charge is -2.24. The zero-order chi connectivity index (χ0) is 35.1. The molecule has 2 heterocycles. The molecule has 0 aliphatic heterocycles. The first-order valence-electron chi connectivity index (χ1n) is 16.4. The number of esters is 1. The summed E-state index contributed by atoms with van der Waals surface area (Å²) in [5.41, 5.74) is 2.73. The smallest absolute Gasteiger partial charge is 0.338 e. The van der Waals surface area contributed by atoms with Crippen LogP contribution in [-0.4, -0.2) is 24.0 Å². The molecule has 50 heavy (non-hydrogen) atoms. The van der Waals surface area contributed by atoms with E-state index in [-0.39, 0.29) is 11.5 Å². The van der Waals surface area contributed by atoms with Crippen LogP contribution in [0, 0.1) is 29.1 Å². The van der Waals surface area contributed by atoms with Crippen molar-refractivity contribution in [2.45, 2.75) is 46.1 Å². The molecular weight excluding hydrogens is 655 g/mol. The third-order valence-electron chi connectivity index (χ3n) is 8.90. The number of nitrogens with zero attached hydrogens (tertiary/aromatic N) is 2. The number of halogens is 5. The zero-order valence-electron chi connectivity index (χ0n) is 27.2. The van der Waals surface area contributed by atoms with Crippen molar-refractivity contribution in [1.82, 2.24) is 4.98 Å². The number of carbonyl (C=O) groups is 1. The zero-order valence-corrected chi connectivity index (χ0v) is 27.2. The summed E-state index contributed by atoms with van der Waals surface area (Å²) in [6.07, 6.45) is 4.39. The quantitative estimate of drug-likeness (QED) is 0.0584. The number of rotatable bonds is 11. The van der Waals surface area contributed by atoms with Gasteiger partial charge in [-0.2, -0.15) is 0 Å². The van der Waals surface area contributed by atoms with E-state index in [1.807, 2.05) is 24.3 Å². The van der Waals surface area contributed by atoms with Gasteiger partial charge in [0, 0.05) is 46.6 Å². The van der Waals surface area contributed by atoms with Crippen molar-refractivity contribution in [3.05, 3.63) is 107 Å². The molecule has 0 unspecified atom stereocenters. The minimum absolute atomic E-state index is 0.0263. The van der Waals surface area contributed by atoms with Gasteiger partial charge in [-0.05, 0) is 54.6 Å². The van der Waals surface area contributed by atoms with E-state index in [0.717, 1.165) is 71.6 Å². The van der Waals surface area contributed by atoms with E-state index in [0.29, 0.717) is 22.2 Å². The number of carbonyl (C=O) groups excluding carboxylic acids is 1. The molecule has 0 N–H and O–H groups in total. The molecule has 0 saturated heterocycles. The van der Waals surface area contributed by atoms with Gasteiger partial charge in [-0.25, -0.2) is 31.7 Å². The SMILES string of the molecule is CCCCN(CCCC)c1ccc2c(c1)oc1c3nc(-c4ccc(C(=O)OCc5c(F)c(F)c(F)c(F)c5F)cc4)oc3c3ccccc3c21. The van der Waals surface area contributed by atoms with Crippen LogP contribution in [0.3, 0.4) is 0 Å². The van der Waals surface area contributed by atoms with Gasteiger partial charge in [0.2, 0.25) is 11.7 Å². The average Bonchev–Trinajstić information content (AvgIpc) is 3.76. The van der Waals surface area contributed by atoms with Gasteiger partial charge in [-0.1, -0.05) is 51.0 Å². The molecule has 6 nitrogen and oxygen atoms in total. The van der Waals surface area contributed by atoms with Gasteiger partial charge in [-0.15, -0.1) is 0 Å². The number of hydrogen-bond donors (Lipinski definition) is 0. The summed E-state index contributed by atoms with van der Waals surface area (Å²) < 4.78 is 86.3. The second-order valence-corrected chi connectivity index (χ2v) is 12.1. The first-order valence-corrected chi connectivity index (χ1v) is 16.4. The van der Waals surface area contributed by atoms with E-state index in [9.17, 15) is 26.7 Å². The number of furan rings is 1. The van der Waals surface area contributed by atoms with Crippen LogP contribution < -0.4 is 4.90 Å². The predicted molar refractivity (Wildman–Crippen MR) is 182 cm³/mol. The largest absolute Gasteiger partial charge is 0.457 e. The molecule has 7 rings (SSSR count). The Balaban J connectivity index is 1.22. The number of hydrogen-bond acceptors (Lipinski definition) is 6. The summed E-state index contributed by atoms with van der Waals surface area (Å²) in [4.78, 5) is 19.8. The molecule has 0 bridgehead atoms. The summed E-state index contributed by atoms with van der Waals surface area (Å²) in [7, 11) is 0. The number of benzene rings is 5. The third-order valence-corrected chi connectivity index (χ3v) is 8.90. The van der Waals surface area contributed by atoms with Crippen molar-refractivity contribution in [2.24, 2.45) is 0 Å². The van der Waals surface area contributed by atoms with Crippen LogP contribution in [0.15, 0.2) is 75.6 Å². The minimum atomic E-state index is -2.29. The van der Waals surface area contributed by atoms with Crippen molar-refractivity contribution >= 4 is 55.5 Å². The fourth-order valence-corrected chi connectivity index (χ4v) is 6.21. The lowest BCUT2D eigenvalue weighted by Crippen LogP contribution is -2.25. The summed E-state index contributed by atoms with van der Waals surface area (Å²) in [5, 5.41) is 3.69. The molecule has 0 spiro atoms. The van der Waals surface area contributed by atoms with Gasteiger partial charge < -0.3 is 18.5 Å². The maximum Gasteiger partial charge on any atom is 0.338 e. The molecule has 0 saturated carbocycles. The van der Waals surface area contributed by atoms with Crippen molar-refractivity contribution in [1.29, 1.82) is 0 Å². The van der Waals surface area contributed by atoms with Gasteiger partial charge in [0.15, 0.2) is 40.0 Å². The minimum Gasteiger partial charge on any atom is -0.457 e. The maximum atomic E-state index is 14.0. The maximum absolute atomic E-state index is 14.0. The lowest BCUT2D eigenvalue weighted by molar-refractivity contribution is 0.0462. The van der Waals surface area contributed by atoms with Gasteiger partial charge in [-0.3, -0.25) is 0 Å². The van der Waals surface area contributed by atoms with Gasteiger partial charge in [0.05, 0.1) is 11.1 Å². The van der Waals surface area contributed by atoms with Crippen LogP contribution in [-0.2, 0) is 11.3 Å². The van der Waals surface area contributed by atoms with Crippen LogP contribution in [0.4, 0.5) is 27.6 Å². The highest BCUT2D eigenvalue weighted by atomic mass is 19.2. The van der Waals surface area contributed by atoms with E-state index < -0.39 is 47.2 Å². The van der Waals surface area contributed by atoms with Crippen LogP contribution in [0.2, 0.25) is 0 Å². The third kappa shape index (κ3) is 5.70. The Hall–Kier alpha value is -5.45. The van der Waals surface area contributed by atoms with Gasteiger partial charge in [0.25, 0.3) is 0 Å². The summed E-state index contributed by atoms with van der Waals surface area (Å²) in [6, 6.07) is 20.0. The Bertz CT molecular complexity index is 2360. The fourth-order valence-electron chi connectivity index (χ4n) is 6.21. The molecule has 0 fully saturated rings. The molecular formula is C39H31F5N2O4. The van der Waals surface area contributed by atoms with Crippen LogP contribution in [0.1, 0.15) is 55.5 Å². The second kappa shape index (κ2) is 13.5. The van der Waals surface area contributed by atoms with Crippen molar-refractivity contribution in [2.75, 3.05) is 18.0 Å². The second-order valence-electron chi connectivity index (χ2n) is 12.1.